The highest BCUT2D eigenvalue weighted by Gasteiger charge is 2.24. The van der Waals surface area contributed by atoms with Crippen LogP contribution in [0.3, 0.4) is 0 Å². The smallest absolute Gasteiger partial charge is 0.137 e. The third kappa shape index (κ3) is 6.10. The van der Waals surface area contributed by atoms with E-state index in [1.165, 1.54) is 27.5 Å². The molecule has 5 nitrogen and oxygen atoms in total. The molecule has 4 aromatic carbocycles. The molecule has 0 aliphatic rings. The molecule has 7 aromatic rings. The van der Waals surface area contributed by atoms with E-state index in [4.69, 9.17) is 14.8 Å². The second-order valence-electron chi connectivity index (χ2n) is 16.0. The topological polar surface area (TPSA) is 44.9 Å². The molecule has 0 bridgehead atoms. The normalized spacial score (nSPS) is 12.9. The van der Waals surface area contributed by atoms with Crippen LogP contribution >= 0.6 is 0 Å². The van der Waals surface area contributed by atoms with Crippen LogP contribution in [-0.4, -0.2) is 19.3 Å². The number of hydrogen-bond acceptors (Lipinski definition) is 3. The Hall–Kier alpha value is -5.16. The van der Waals surface area contributed by atoms with E-state index in [9.17, 15) is 0 Å². The molecule has 254 valence electrons. The molecule has 0 saturated carbocycles. The molecule has 50 heavy (non-hydrogen) atoms. The molecule has 0 fully saturated rings. The van der Waals surface area contributed by atoms with Gasteiger partial charge in [-0.25, -0.2) is 9.67 Å². The van der Waals surface area contributed by atoms with E-state index < -0.39 is 0 Å². The number of pyridine rings is 1. The molecule has 3 aromatic heterocycles. The summed E-state index contributed by atoms with van der Waals surface area (Å²) in [5, 5.41) is 7.37. The summed E-state index contributed by atoms with van der Waals surface area (Å²) in [5.74, 6) is 2.84. The maximum atomic E-state index is 6.69. The number of benzene rings is 4. The Morgan fingerprint density at radius 2 is 1.46 bits per heavy atom. The molecule has 0 spiro atoms. The largest absolute Gasteiger partial charge is 0.457 e. The maximum Gasteiger partial charge on any atom is 0.137 e. The Balaban J connectivity index is 1.34. The molecular weight excluding hydrogens is 613 g/mol. The van der Waals surface area contributed by atoms with Gasteiger partial charge in [0.1, 0.15) is 17.3 Å². The van der Waals surface area contributed by atoms with Gasteiger partial charge >= 0.3 is 0 Å². The van der Waals surface area contributed by atoms with E-state index >= 15 is 0 Å². The first kappa shape index (κ1) is 33.3. The number of nitrogens with zero attached hydrogens (tertiary/aromatic N) is 4. The Labute approximate surface area is 296 Å². The lowest BCUT2D eigenvalue weighted by Crippen LogP contribution is -2.15. The van der Waals surface area contributed by atoms with Crippen molar-refractivity contribution < 1.29 is 4.74 Å². The Morgan fingerprint density at radius 1 is 0.700 bits per heavy atom. The molecular formula is C45H48N4O. The van der Waals surface area contributed by atoms with E-state index in [1.807, 2.05) is 16.9 Å². The molecule has 0 saturated heterocycles. The van der Waals surface area contributed by atoms with Crippen molar-refractivity contribution in [3.05, 3.63) is 131 Å². The van der Waals surface area contributed by atoms with Crippen molar-refractivity contribution >= 4 is 21.8 Å². The highest BCUT2D eigenvalue weighted by Crippen LogP contribution is 2.40. The van der Waals surface area contributed by atoms with Crippen LogP contribution in [0.15, 0.2) is 103 Å². The SMILES string of the molecule is Cc1cc(Oc2ccc3c4cc(C(C)C(C)(C)C)ccc4n(-c4cc(C(C)(C)C)ccn4)c3c2)cc(-n2nc(C)c(-c3ccccc3)c2C)c1. The van der Waals surface area contributed by atoms with Crippen molar-refractivity contribution in [3.63, 3.8) is 0 Å². The zero-order chi connectivity index (χ0) is 35.5. The minimum Gasteiger partial charge on any atom is -0.457 e. The minimum atomic E-state index is -0.00373. The summed E-state index contributed by atoms with van der Waals surface area (Å²) in [6.45, 7) is 22.3. The van der Waals surface area contributed by atoms with Gasteiger partial charge in [0.25, 0.3) is 0 Å². The van der Waals surface area contributed by atoms with Crippen molar-refractivity contribution in [2.45, 2.75) is 80.6 Å². The second-order valence-corrected chi connectivity index (χ2v) is 16.0. The van der Waals surface area contributed by atoms with Gasteiger partial charge in [-0.05, 0) is 108 Å². The fourth-order valence-corrected chi connectivity index (χ4v) is 7.07. The molecule has 5 heteroatoms. The van der Waals surface area contributed by atoms with Gasteiger partial charge in [0, 0.05) is 40.4 Å². The molecule has 3 heterocycles. The van der Waals surface area contributed by atoms with Crippen molar-refractivity contribution in [2.75, 3.05) is 0 Å². The predicted molar refractivity (Wildman–Crippen MR) is 208 cm³/mol. The van der Waals surface area contributed by atoms with Crippen LogP contribution in [-0.2, 0) is 5.41 Å². The number of rotatable bonds is 6. The summed E-state index contributed by atoms with van der Waals surface area (Å²) >= 11 is 0. The monoisotopic (exact) mass is 660 g/mol. The van der Waals surface area contributed by atoms with Crippen molar-refractivity contribution in [1.82, 2.24) is 19.3 Å². The highest BCUT2D eigenvalue weighted by atomic mass is 16.5. The number of fused-ring (bicyclic) bond motifs is 3. The van der Waals surface area contributed by atoms with Gasteiger partial charge in [-0.1, -0.05) is 84.9 Å². The number of hydrogen-bond donors (Lipinski definition) is 0. The van der Waals surface area contributed by atoms with E-state index in [0.29, 0.717) is 5.92 Å². The van der Waals surface area contributed by atoms with Gasteiger partial charge in [0.15, 0.2) is 0 Å². The number of ether oxygens (including phenoxy) is 1. The Kier molecular flexibility index (Phi) is 8.21. The molecule has 0 radical (unpaired) electrons. The molecule has 0 N–H and O–H groups in total. The zero-order valence-corrected chi connectivity index (χ0v) is 31.1. The van der Waals surface area contributed by atoms with Crippen LogP contribution in [0.4, 0.5) is 0 Å². The van der Waals surface area contributed by atoms with Gasteiger partial charge < -0.3 is 4.74 Å². The minimum absolute atomic E-state index is 0.00373. The van der Waals surface area contributed by atoms with Crippen molar-refractivity contribution in [2.24, 2.45) is 5.41 Å². The van der Waals surface area contributed by atoms with E-state index in [-0.39, 0.29) is 10.8 Å². The summed E-state index contributed by atoms with van der Waals surface area (Å²) in [6, 6.07) is 34.5. The average Bonchev–Trinajstić information content (AvgIpc) is 3.55. The molecule has 0 aliphatic heterocycles. The molecule has 0 amide bonds. The molecule has 1 unspecified atom stereocenters. The van der Waals surface area contributed by atoms with Gasteiger partial charge in [-0.3, -0.25) is 4.57 Å². The average molecular weight is 661 g/mol. The van der Waals surface area contributed by atoms with Gasteiger partial charge in [0.05, 0.1) is 22.4 Å². The van der Waals surface area contributed by atoms with Crippen molar-refractivity contribution in [3.8, 4) is 34.1 Å². The predicted octanol–water partition coefficient (Wildman–Crippen LogP) is 12.2. The lowest BCUT2D eigenvalue weighted by molar-refractivity contribution is 0.340. The lowest BCUT2D eigenvalue weighted by atomic mass is 9.77. The Bertz CT molecular complexity index is 2360. The fraction of sp³-hybridized carbons (Fsp3) is 0.289. The van der Waals surface area contributed by atoms with Gasteiger partial charge in [0.2, 0.25) is 0 Å². The summed E-state index contributed by atoms with van der Waals surface area (Å²) in [7, 11) is 0. The van der Waals surface area contributed by atoms with Crippen LogP contribution < -0.4 is 4.74 Å². The summed E-state index contributed by atoms with van der Waals surface area (Å²) in [6.07, 6.45) is 1.93. The Morgan fingerprint density at radius 3 is 2.18 bits per heavy atom. The van der Waals surface area contributed by atoms with Crippen LogP contribution in [0.5, 0.6) is 11.5 Å². The van der Waals surface area contributed by atoms with Crippen LogP contribution in [0.2, 0.25) is 0 Å². The number of aromatic nitrogens is 4. The first-order valence-electron chi connectivity index (χ1n) is 17.7. The lowest BCUT2D eigenvalue weighted by Gasteiger charge is -2.27. The third-order valence-electron chi connectivity index (χ3n) is 10.3. The zero-order valence-electron chi connectivity index (χ0n) is 31.1. The summed E-state index contributed by atoms with van der Waals surface area (Å²) in [5.41, 5.74) is 11.4. The summed E-state index contributed by atoms with van der Waals surface area (Å²) < 4.78 is 11.0. The van der Waals surface area contributed by atoms with E-state index in [1.54, 1.807) is 0 Å². The second kappa shape index (κ2) is 12.3. The fourth-order valence-electron chi connectivity index (χ4n) is 7.07. The maximum absolute atomic E-state index is 6.69. The third-order valence-corrected chi connectivity index (χ3v) is 10.3. The standard InChI is InChI=1S/C45H48N4O/c1-28-22-35(49-31(4)43(30(3)47-49)32-14-12-11-13-15-32)26-37(23-28)50-36-17-18-38-39-24-33(29(2)44(5,6)7)16-19-40(39)48(41(38)27-36)42-25-34(20-21-46-42)45(8,9)10/h11-27,29H,1-10H3. The first-order chi connectivity index (χ1) is 23.7. The molecule has 0 aliphatic carbocycles. The molecule has 1 atom stereocenters. The highest BCUT2D eigenvalue weighted by molar-refractivity contribution is 6.09. The quantitative estimate of drug-likeness (QED) is 0.178. The van der Waals surface area contributed by atoms with E-state index in [0.717, 1.165) is 56.6 Å². The first-order valence-corrected chi connectivity index (χ1v) is 17.7. The summed E-state index contributed by atoms with van der Waals surface area (Å²) in [4.78, 5) is 4.91. The van der Waals surface area contributed by atoms with Crippen LogP contribution in [0.25, 0.3) is 44.4 Å². The van der Waals surface area contributed by atoms with E-state index in [2.05, 4.69) is 165 Å². The van der Waals surface area contributed by atoms with Crippen LogP contribution in [0, 0.1) is 26.2 Å². The van der Waals surface area contributed by atoms with Crippen LogP contribution in [0.1, 0.15) is 82.5 Å². The number of aryl methyl sites for hydroxylation is 2. The van der Waals surface area contributed by atoms with Gasteiger partial charge in [-0.15, -0.1) is 0 Å². The van der Waals surface area contributed by atoms with Crippen molar-refractivity contribution in [1.29, 1.82) is 0 Å². The van der Waals surface area contributed by atoms with Gasteiger partial charge in [-0.2, -0.15) is 5.10 Å². The molecule has 7 rings (SSSR count).